The highest BCUT2D eigenvalue weighted by Gasteiger charge is 2.41. The van der Waals surface area contributed by atoms with Crippen LogP contribution in [0.4, 0.5) is 5.69 Å². The minimum Gasteiger partial charge on any atom is -0.457 e. The quantitative estimate of drug-likeness (QED) is 0.418. The lowest BCUT2D eigenvalue weighted by molar-refractivity contribution is 0.372. The van der Waals surface area contributed by atoms with E-state index in [0.717, 1.165) is 37.1 Å². The standard InChI is InChI=1S/C33H33N3O/c1-5-33(4)14-16-36-15-13-32(2,3)28-17-23(18-29(33)31(28)36)11-12-27-19-25(26(21-34)22-35)20-30(37-27)24-9-7-6-8-10-24/h6-12,17-20H,5,13-16H2,1-4H3/b12-11+. The highest BCUT2D eigenvalue weighted by atomic mass is 16.5. The third-order valence-electron chi connectivity index (χ3n) is 8.37. The molecular weight excluding hydrogens is 454 g/mol. The highest BCUT2D eigenvalue weighted by Crippen LogP contribution is 2.50. The number of anilines is 1. The third kappa shape index (κ3) is 4.49. The summed E-state index contributed by atoms with van der Waals surface area (Å²) >= 11 is 0. The maximum Gasteiger partial charge on any atom is 0.137 e. The summed E-state index contributed by atoms with van der Waals surface area (Å²) in [7, 11) is 0. The smallest absolute Gasteiger partial charge is 0.137 e. The molecule has 0 spiro atoms. The largest absolute Gasteiger partial charge is 0.457 e. The van der Waals surface area contributed by atoms with Crippen LogP contribution in [-0.4, -0.2) is 13.1 Å². The minimum absolute atomic E-state index is 0.0707. The Labute approximate surface area is 220 Å². The first-order valence-electron chi connectivity index (χ1n) is 13.1. The van der Waals surface area contributed by atoms with Crippen LogP contribution in [0.1, 0.15) is 69.2 Å². The van der Waals surface area contributed by atoms with Gasteiger partial charge in [-0.1, -0.05) is 64.1 Å². The highest BCUT2D eigenvalue weighted by molar-refractivity contribution is 5.74. The Kier molecular flexibility index (Phi) is 6.30. The van der Waals surface area contributed by atoms with Crippen molar-refractivity contribution in [2.45, 2.75) is 57.8 Å². The van der Waals surface area contributed by atoms with E-state index in [9.17, 15) is 10.5 Å². The minimum atomic E-state index is 0.0707. The number of hydrogen-bond acceptors (Lipinski definition) is 4. The number of allylic oxidation sites excluding steroid dienone is 5. The molecule has 0 aromatic heterocycles. The van der Waals surface area contributed by atoms with Crippen molar-refractivity contribution < 1.29 is 4.74 Å². The van der Waals surface area contributed by atoms with Crippen LogP contribution in [0.5, 0.6) is 0 Å². The second-order valence-electron chi connectivity index (χ2n) is 11.2. The molecule has 1 atom stereocenters. The molecule has 0 saturated heterocycles. The van der Waals surface area contributed by atoms with Gasteiger partial charge >= 0.3 is 0 Å². The van der Waals surface area contributed by atoms with Crippen molar-refractivity contribution in [3.05, 3.63) is 99.9 Å². The Morgan fingerprint density at radius 3 is 2.38 bits per heavy atom. The summed E-state index contributed by atoms with van der Waals surface area (Å²) in [4.78, 5) is 2.59. The second-order valence-corrected chi connectivity index (χ2v) is 11.2. The molecule has 0 aliphatic carbocycles. The van der Waals surface area contributed by atoms with E-state index < -0.39 is 0 Å². The van der Waals surface area contributed by atoms with E-state index in [2.05, 4.69) is 50.8 Å². The first kappa shape index (κ1) is 24.7. The van der Waals surface area contributed by atoms with Gasteiger partial charge in [-0.15, -0.1) is 0 Å². The molecule has 0 N–H and O–H groups in total. The lowest BCUT2D eigenvalue weighted by atomic mass is 9.67. The number of nitriles is 2. The zero-order valence-electron chi connectivity index (χ0n) is 22.1. The van der Waals surface area contributed by atoms with Crippen molar-refractivity contribution in [1.29, 1.82) is 10.5 Å². The fourth-order valence-corrected chi connectivity index (χ4v) is 5.66. The van der Waals surface area contributed by atoms with Crippen LogP contribution in [-0.2, 0) is 15.6 Å². The summed E-state index contributed by atoms with van der Waals surface area (Å²) in [6.07, 6.45) is 11.0. The van der Waals surface area contributed by atoms with E-state index in [0.29, 0.717) is 17.1 Å². The predicted molar refractivity (Wildman–Crippen MR) is 149 cm³/mol. The van der Waals surface area contributed by atoms with Gasteiger partial charge in [0.05, 0.1) is 0 Å². The molecule has 4 nitrogen and oxygen atoms in total. The molecule has 3 heterocycles. The molecule has 2 aromatic carbocycles. The molecule has 3 aliphatic rings. The average molecular weight is 488 g/mol. The second kappa shape index (κ2) is 9.45. The Morgan fingerprint density at radius 2 is 1.68 bits per heavy atom. The van der Waals surface area contributed by atoms with Crippen molar-refractivity contribution in [2.75, 3.05) is 18.0 Å². The third-order valence-corrected chi connectivity index (χ3v) is 8.37. The molecule has 0 saturated carbocycles. The maximum atomic E-state index is 9.50. The molecule has 37 heavy (non-hydrogen) atoms. The van der Waals surface area contributed by atoms with Gasteiger partial charge in [0, 0.05) is 29.9 Å². The molecular formula is C33H33N3O. The Bertz CT molecular complexity index is 1430. The predicted octanol–water partition coefficient (Wildman–Crippen LogP) is 7.56. The zero-order chi connectivity index (χ0) is 26.2. The van der Waals surface area contributed by atoms with Crippen molar-refractivity contribution in [3.8, 4) is 12.1 Å². The maximum absolute atomic E-state index is 9.50. The zero-order valence-corrected chi connectivity index (χ0v) is 22.1. The van der Waals surface area contributed by atoms with Crippen LogP contribution in [0.25, 0.3) is 11.8 Å². The van der Waals surface area contributed by atoms with Gasteiger partial charge in [0.2, 0.25) is 0 Å². The lowest BCUT2D eigenvalue weighted by Crippen LogP contribution is -2.45. The fraction of sp³-hybridized carbons (Fsp3) is 0.333. The molecule has 5 rings (SSSR count). The summed E-state index contributed by atoms with van der Waals surface area (Å²) in [5, 5.41) is 19.0. The van der Waals surface area contributed by atoms with E-state index in [1.165, 1.54) is 23.2 Å². The SMILES string of the molecule is CCC1(C)CCN2CCC(C)(C)c3cc(/C=C/C4=CC(=C(C#N)C#N)C=C(c5ccccc5)O4)cc1c32. The van der Waals surface area contributed by atoms with Crippen LogP contribution < -0.4 is 4.90 Å². The number of benzene rings is 2. The van der Waals surface area contributed by atoms with Gasteiger partial charge in [-0.3, -0.25) is 0 Å². The topological polar surface area (TPSA) is 60.0 Å². The monoisotopic (exact) mass is 487 g/mol. The van der Waals surface area contributed by atoms with Gasteiger partial charge < -0.3 is 9.64 Å². The van der Waals surface area contributed by atoms with Gasteiger partial charge in [0.1, 0.15) is 29.2 Å². The number of hydrogen-bond donors (Lipinski definition) is 0. The van der Waals surface area contributed by atoms with Crippen molar-refractivity contribution in [2.24, 2.45) is 0 Å². The van der Waals surface area contributed by atoms with Crippen LogP contribution in [0.3, 0.4) is 0 Å². The fourth-order valence-electron chi connectivity index (χ4n) is 5.66. The molecule has 0 radical (unpaired) electrons. The van der Waals surface area contributed by atoms with Crippen LogP contribution in [0.2, 0.25) is 0 Å². The van der Waals surface area contributed by atoms with Crippen LogP contribution in [0, 0.1) is 22.7 Å². The van der Waals surface area contributed by atoms with Gasteiger partial charge in [-0.05, 0) is 77.1 Å². The van der Waals surface area contributed by atoms with Gasteiger partial charge in [0.25, 0.3) is 0 Å². The van der Waals surface area contributed by atoms with E-state index in [-0.39, 0.29) is 16.4 Å². The number of rotatable bonds is 4. The van der Waals surface area contributed by atoms with Gasteiger partial charge in [-0.2, -0.15) is 10.5 Å². The van der Waals surface area contributed by atoms with Gasteiger partial charge in [-0.25, -0.2) is 0 Å². The van der Waals surface area contributed by atoms with E-state index in [4.69, 9.17) is 4.74 Å². The summed E-state index contributed by atoms with van der Waals surface area (Å²) in [5.74, 6) is 1.22. The normalized spacial score (nSPS) is 21.8. The van der Waals surface area contributed by atoms with E-state index in [1.807, 2.05) is 48.5 Å². The first-order chi connectivity index (χ1) is 17.8. The molecule has 0 bridgehead atoms. The first-order valence-corrected chi connectivity index (χ1v) is 13.1. The van der Waals surface area contributed by atoms with E-state index in [1.54, 1.807) is 12.2 Å². The van der Waals surface area contributed by atoms with Crippen molar-refractivity contribution >= 4 is 17.5 Å². The summed E-state index contributed by atoms with van der Waals surface area (Å²) in [5.41, 5.74) is 7.28. The Balaban J connectivity index is 1.58. The molecule has 0 fully saturated rings. The molecule has 1 unspecified atom stereocenters. The van der Waals surface area contributed by atoms with Crippen LogP contribution in [0.15, 0.2) is 77.6 Å². The van der Waals surface area contributed by atoms with Gasteiger partial charge in [0.15, 0.2) is 0 Å². The lowest BCUT2D eigenvalue weighted by Gasteiger charge is -2.49. The molecule has 4 heteroatoms. The summed E-state index contributed by atoms with van der Waals surface area (Å²) < 4.78 is 6.24. The molecule has 3 aliphatic heterocycles. The Hall–Kier alpha value is -4.02. The molecule has 186 valence electrons. The summed E-state index contributed by atoms with van der Waals surface area (Å²) in [6, 6.07) is 18.5. The van der Waals surface area contributed by atoms with Crippen LogP contribution >= 0.6 is 0 Å². The summed E-state index contributed by atoms with van der Waals surface area (Å²) in [6.45, 7) is 11.7. The van der Waals surface area contributed by atoms with Crippen molar-refractivity contribution in [1.82, 2.24) is 0 Å². The number of ether oxygens (including phenoxy) is 1. The number of nitrogens with zero attached hydrogens (tertiary/aromatic N) is 3. The van der Waals surface area contributed by atoms with E-state index >= 15 is 0 Å². The Morgan fingerprint density at radius 1 is 0.973 bits per heavy atom. The molecule has 2 aromatic rings. The molecule has 0 amide bonds. The average Bonchev–Trinajstić information content (AvgIpc) is 2.92. The van der Waals surface area contributed by atoms with Crippen molar-refractivity contribution in [3.63, 3.8) is 0 Å².